The zero-order chi connectivity index (χ0) is 28.6. The van der Waals surface area contributed by atoms with Gasteiger partial charge in [0.2, 0.25) is 12.3 Å². The number of ether oxygens (including phenoxy) is 2. The topological polar surface area (TPSA) is 79.0 Å². The first kappa shape index (κ1) is 35.2. The lowest BCUT2D eigenvalue weighted by Crippen LogP contribution is -2.38. The lowest BCUT2D eigenvalue weighted by atomic mass is 10.2. The smallest absolute Gasteiger partial charge is 0.225 e. The molecule has 2 aromatic rings. The highest BCUT2D eigenvalue weighted by Crippen LogP contribution is 2.20. The predicted molar refractivity (Wildman–Crippen MR) is 161 cm³/mol. The van der Waals surface area contributed by atoms with Gasteiger partial charge in [-0.15, -0.1) is 0 Å². The van der Waals surface area contributed by atoms with Crippen molar-refractivity contribution in [3.63, 3.8) is 0 Å². The number of morpholine rings is 1. The molecule has 0 atom stereocenters. The van der Waals surface area contributed by atoms with Crippen LogP contribution in [0.5, 0.6) is 5.88 Å². The number of amides is 1. The van der Waals surface area contributed by atoms with Crippen molar-refractivity contribution in [2.24, 2.45) is 0 Å². The summed E-state index contributed by atoms with van der Waals surface area (Å²) in [5.41, 5.74) is 8.32. The number of nitrogens with zero attached hydrogens (tertiary/aromatic N) is 3. The van der Waals surface area contributed by atoms with Crippen LogP contribution >= 0.6 is 0 Å². The highest BCUT2D eigenvalue weighted by Gasteiger charge is 2.12. The number of carbonyl (C=O) groups is 1. The van der Waals surface area contributed by atoms with E-state index in [4.69, 9.17) is 14.5 Å². The maximum atomic E-state index is 9.89. The summed E-state index contributed by atoms with van der Waals surface area (Å²) in [5, 5.41) is 0. The Morgan fingerprint density at radius 2 is 1.66 bits per heavy atom. The van der Waals surface area contributed by atoms with Crippen molar-refractivity contribution in [1.82, 2.24) is 15.3 Å². The van der Waals surface area contributed by atoms with Crippen molar-refractivity contribution in [2.45, 2.75) is 68.2 Å². The van der Waals surface area contributed by atoms with Gasteiger partial charge in [-0.2, -0.15) is 4.98 Å². The van der Waals surface area contributed by atoms with E-state index in [1.165, 1.54) is 5.56 Å². The first-order valence-corrected chi connectivity index (χ1v) is 14.2. The third-order valence-corrected chi connectivity index (χ3v) is 5.30. The minimum absolute atomic E-state index is 0.600. The van der Waals surface area contributed by atoms with Crippen molar-refractivity contribution in [1.29, 1.82) is 0 Å². The summed E-state index contributed by atoms with van der Waals surface area (Å²) in [6.07, 6.45) is 2.86. The van der Waals surface area contributed by atoms with Gasteiger partial charge in [0.25, 0.3) is 0 Å². The zero-order valence-corrected chi connectivity index (χ0v) is 25.2. The van der Waals surface area contributed by atoms with Gasteiger partial charge in [0, 0.05) is 38.8 Å². The Hall–Kier alpha value is -2.84. The van der Waals surface area contributed by atoms with Crippen LogP contribution in [0.25, 0.3) is 0 Å². The molecular formula is C30H53N5O3. The van der Waals surface area contributed by atoms with Crippen molar-refractivity contribution in [3.8, 4) is 5.88 Å². The summed E-state index contributed by atoms with van der Waals surface area (Å²) in [4.78, 5) is 19.3. The Balaban J connectivity index is 0.000000763. The normalized spacial score (nSPS) is 12.3. The minimum atomic E-state index is 0.600. The highest BCUT2D eigenvalue weighted by atomic mass is 16.5. The Kier molecular flexibility index (Phi) is 21.5. The van der Waals surface area contributed by atoms with E-state index in [-0.39, 0.29) is 0 Å². The molecule has 0 saturated carbocycles. The molecule has 1 fully saturated rings. The molecule has 216 valence electrons. The molecule has 1 aliphatic heterocycles. The van der Waals surface area contributed by atoms with Crippen LogP contribution in [-0.4, -0.2) is 68.8 Å². The number of benzene rings is 1. The molecule has 2 heterocycles. The number of hydrazine groups is 1. The van der Waals surface area contributed by atoms with Crippen LogP contribution in [0.15, 0.2) is 36.4 Å². The van der Waals surface area contributed by atoms with Gasteiger partial charge in [0.15, 0.2) is 0 Å². The van der Waals surface area contributed by atoms with Crippen LogP contribution in [0.3, 0.4) is 0 Å². The summed E-state index contributed by atoms with van der Waals surface area (Å²) in [5.74, 6) is 1.78. The molecule has 0 unspecified atom stereocenters. The number of aromatic nitrogens is 1. The van der Waals surface area contributed by atoms with Gasteiger partial charge < -0.3 is 14.4 Å². The van der Waals surface area contributed by atoms with Crippen molar-refractivity contribution >= 4 is 17.9 Å². The summed E-state index contributed by atoms with van der Waals surface area (Å²) in [6, 6.07) is 11.9. The van der Waals surface area contributed by atoms with Crippen LogP contribution in [0.1, 0.15) is 65.5 Å². The van der Waals surface area contributed by atoms with Crippen molar-refractivity contribution in [2.75, 3.05) is 62.9 Å². The molecule has 0 aliphatic carbocycles. The molecule has 0 bridgehead atoms. The van der Waals surface area contributed by atoms with Gasteiger partial charge >= 0.3 is 0 Å². The van der Waals surface area contributed by atoms with Crippen LogP contribution in [0.4, 0.5) is 11.5 Å². The molecule has 1 saturated heterocycles. The van der Waals surface area contributed by atoms with E-state index in [0.717, 1.165) is 81.7 Å². The summed E-state index contributed by atoms with van der Waals surface area (Å²) < 4.78 is 11.3. The third-order valence-electron chi connectivity index (χ3n) is 5.30. The van der Waals surface area contributed by atoms with Gasteiger partial charge in [-0.05, 0) is 56.0 Å². The Morgan fingerprint density at radius 1 is 1.00 bits per heavy atom. The van der Waals surface area contributed by atoms with Crippen LogP contribution < -0.4 is 20.5 Å². The molecule has 2 N–H and O–H groups in total. The fraction of sp³-hybridized carbons (Fsp3) is 0.600. The molecule has 0 radical (unpaired) electrons. The molecule has 1 aromatic heterocycles. The Bertz CT molecular complexity index is 838. The number of hydrogen-bond acceptors (Lipinski definition) is 7. The third kappa shape index (κ3) is 15.4. The predicted octanol–water partition coefficient (Wildman–Crippen LogP) is 5.85. The average Bonchev–Trinajstić information content (AvgIpc) is 2.95. The summed E-state index contributed by atoms with van der Waals surface area (Å²) >= 11 is 0. The van der Waals surface area contributed by atoms with Gasteiger partial charge in [-0.1, -0.05) is 53.7 Å². The van der Waals surface area contributed by atoms with E-state index >= 15 is 0 Å². The summed E-state index contributed by atoms with van der Waals surface area (Å²) in [7, 11) is 0. The second-order valence-electron chi connectivity index (χ2n) is 8.39. The second-order valence-corrected chi connectivity index (χ2v) is 8.39. The molecule has 1 aromatic carbocycles. The van der Waals surface area contributed by atoms with Crippen LogP contribution in [0, 0.1) is 13.8 Å². The molecular weight excluding hydrogens is 478 g/mol. The fourth-order valence-electron chi connectivity index (χ4n) is 3.67. The number of pyridine rings is 1. The monoisotopic (exact) mass is 531 g/mol. The van der Waals surface area contributed by atoms with Gasteiger partial charge in [-0.3, -0.25) is 20.5 Å². The van der Waals surface area contributed by atoms with E-state index in [0.29, 0.717) is 13.0 Å². The van der Waals surface area contributed by atoms with E-state index in [1.54, 1.807) is 0 Å². The van der Waals surface area contributed by atoms with Crippen LogP contribution in [-0.2, 0) is 9.53 Å². The largest absolute Gasteiger partial charge is 0.476 e. The Morgan fingerprint density at radius 3 is 2.24 bits per heavy atom. The number of rotatable bonds is 12. The average molecular weight is 532 g/mol. The van der Waals surface area contributed by atoms with E-state index < -0.39 is 0 Å². The van der Waals surface area contributed by atoms with E-state index in [9.17, 15) is 4.79 Å². The maximum absolute atomic E-state index is 9.89. The van der Waals surface area contributed by atoms with Crippen LogP contribution in [0.2, 0.25) is 0 Å². The van der Waals surface area contributed by atoms with E-state index in [2.05, 4.69) is 47.5 Å². The van der Waals surface area contributed by atoms with Crippen molar-refractivity contribution < 1.29 is 14.3 Å². The first-order valence-electron chi connectivity index (χ1n) is 14.2. The minimum Gasteiger partial charge on any atom is -0.476 e. The summed E-state index contributed by atoms with van der Waals surface area (Å²) in [6.45, 7) is 23.9. The van der Waals surface area contributed by atoms with E-state index in [1.807, 2.05) is 65.0 Å². The van der Waals surface area contributed by atoms with Gasteiger partial charge in [0.05, 0.1) is 18.9 Å². The molecule has 0 spiro atoms. The highest BCUT2D eigenvalue weighted by molar-refractivity contribution is 5.53. The maximum Gasteiger partial charge on any atom is 0.225 e. The SMILES string of the molecule is CC.CC.CCCN(CCC)c1cc(C)cc(OCCN2CCOCC2)n1.Cc1cccc(NNC=O)c1. The quantitative estimate of drug-likeness (QED) is 0.263. The molecule has 8 nitrogen and oxygen atoms in total. The molecule has 38 heavy (non-hydrogen) atoms. The lowest BCUT2D eigenvalue weighted by molar-refractivity contribution is -0.109. The number of carbonyl (C=O) groups excluding carboxylic acids is 1. The zero-order valence-electron chi connectivity index (χ0n) is 25.2. The number of aryl methyl sites for hydroxylation is 2. The van der Waals surface area contributed by atoms with Crippen molar-refractivity contribution in [3.05, 3.63) is 47.5 Å². The second kappa shape index (κ2) is 23.3. The lowest BCUT2D eigenvalue weighted by Gasteiger charge is -2.26. The molecule has 1 amide bonds. The number of nitrogens with one attached hydrogen (secondary N) is 2. The fourth-order valence-corrected chi connectivity index (χ4v) is 3.67. The van der Waals surface area contributed by atoms with Gasteiger partial charge in [0.1, 0.15) is 12.4 Å². The first-order chi connectivity index (χ1) is 18.5. The molecule has 8 heteroatoms. The number of hydrogen-bond donors (Lipinski definition) is 2. The molecule has 1 aliphatic rings. The molecule has 3 rings (SSSR count). The standard InChI is InChI=1S/C18H31N3O2.C8H10N2O.2C2H6/c1-4-6-21(7-5-2)17-14-16(3)15-18(19-17)23-13-10-20-8-11-22-12-9-20;1-7-3-2-4-8(5-7)10-9-6-11;2*1-2/h14-15H,4-13H2,1-3H3;2-6,10H,1H3,(H,9,11);2*1-2H3. The van der Waals surface area contributed by atoms with Gasteiger partial charge in [-0.25, -0.2) is 0 Å². The Labute approximate surface area is 232 Å². The number of anilines is 2.